The summed E-state index contributed by atoms with van der Waals surface area (Å²) in [6.07, 6.45) is 1.18. The summed E-state index contributed by atoms with van der Waals surface area (Å²) in [4.78, 5) is 0. The largest absolute Gasteiger partial charge is 0.290 e. The molecule has 0 rings (SSSR count). The van der Waals surface area contributed by atoms with E-state index in [4.69, 9.17) is 0 Å². The second-order valence-electron chi connectivity index (χ2n) is 1.83. The van der Waals surface area contributed by atoms with Crippen LogP contribution in [0.2, 0.25) is 0 Å². The third kappa shape index (κ3) is 4.09. The fourth-order valence-corrected chi connectivity index (χ4v) is 0.592. The van der Waals surface area contributed by atoms with E-state index in [9.17, 15) is 5.11 Å². The van der Waals surface area contributed by atoms with E-state index in [2.05, 4.69) is 5.32 Å². The molecule has 0 aromatic rings. The molecule has 0 saturated heterocycles. The number of hydrogen-bond acceptors (Lipinski definition) is 1. The van der Waals surface area contributed by atoms with Gasteiger partial charge in [-0.05, 0) is 13.0 Å². The van der Waals surface area contributed by atoms with Gasteiger partial charge in [-0.25, -0.2) is 5.11 Å². The van der Waals surface area contributed by atoms with Gasteiger partial charge in [-0.15, -0.1) is 0 Å². The van der Waals surface area contributed by atoms with Crippen LogP contribution in [0.4, 0.5) is 0 Å². The Morgan fingerprint density at radius 1 is 1.50 bits per heavy atom. The molecule has 0 saturated carbocycles. The molecule has 0 fully saturated rings. The lowest BCUT2D eigenvalue weighted by Crippen LogP contribution is -2.26. The van der Waals surface area contributed by atoms with Crippen molar-refractivity contribution in [3.05, 3.63) is 0 Å². The summed E-state index contributed by atoms with van der Waals surface area (Å²) in [7, 11) is 0. The molecular weight excluding hydrogens is 102 g/mol. The van der Waals surface area contributed by atoms with Crippen LogP contribution in [-0.4, -0.2) is 12.8 Å². The second-order valence-corrected chi connectivity index (χ2v) is 1.83. The van der Waals surface area contributed by atoms with Crippen LogP contribution in [0.15, 0.2) is 0 Å². The third-order valence-corrected chi connectivity index (χ3v) is 0.983. The topological polar surface area (TPSA) is 31.9 Å². The Bertz CT molecular complexity index is 41.8. The van der Waals surface area contributed by atoms with Crippen molar-refractivity contribution in [1.82, 2.24) is 5.32 Å². The van der Waals surface area contributed by atoms with Crippen molar-refractivity contribution in [1.29, 1.82) is 0 Å². The number of hydrogen-bond donors (Lipinski definition) is 1. The normalized spacial score (nSPS) is 13.9. The quantitative estimate of drug-likeness (QED) is 0.549. The van der Waals surface area contributed by atoms with E-state index in [1.54, 1.807) is 0 Å². The van der Waals surface area contributed by atoms with Crippen LogP contribution in [0.25, 0.3) is 0 Å². The molecule has 0 amide bonds. The summed E-state index contributed by atoms with van der Waals surface area (Å²) in [5, 5.41) is 13.4. The molecule has 1 unspecified atom stereocenters. The maximum absolute atomic E-state index is 10.6. The van der Waals surface area contributed by atoms with Gasteiger partial charge < -0.3 is 0 Å². The van der Waals surface area contributed by atoms with Crippen LogP contribution in [-0.2, 0) is 5.11 Å². The molecule has 1 atom stereocenters. The van der Waals surface area contributed by atoms with E-state index in [1.807, 2.05) is 13.8 Å². The van der Waals surface area contributed by atoms with Crippen LogP contribution in [0.1, 0.15) is 26.7 Å². The smallest absolute Gasteiger partial charge is 0.143 e. The zero-order valence-corrected chi connectivity index (χ0v) is 5.61. The maximum atomic E-state index is 10.6. The van der Waals surface area contributed by atoms with Gasteiger partial charge in [0.15, 0.2) is 0 Å². The van der Waals surface area contributed by atoms with Crippen molar-refractivity contribution in [2.24, 2.45) is 0 Å². The number of nitrogens with one attached hydrogen (secondary N) is 1. The summed E-state index contributed by atoms with van der Waals surface area (Å²) in [5.74, 6) is 0. The second kappa shape index (κ2) is 5.06. The van der Waals surface area contributed by atoms with Gasteiger partial charge in [-0.1, -0.05) is 20.3 Å². The molecule has 49 valence electrons. The van der Waals surface area contributed by atoms with Gasteiger partial charge in [0.1, 0.15) is 6.23 Å². The lowest BCUT2D eigenvalue weighted by molar-refractivity contribution is 0.0528. The van der Waals surface area contributed by atoms with E-state index in [0.717, 1.165) is 19.4 Å². The molecule has 0 aliphatic heterocycles. The molecule has 2 heteroatoms. The Morgan fingerprint density at radius 2 is 2.12 bits per heavy atom. The minimum absolute atomic E-state index is 0.537. The van der Waals surface area contributed by atoms with Crippen molar-refractivity contribution < 1.29 is 5.11 Å². The van der Waals surface area contributed by atoms with E-state index < -0.39 is 6.23 Å². The zero-order valence-electron chi connectivity index (χ0n) is 5.61. The van der Waals surface area contributed by atoms with Crippen LogP contribution in [0.5, 0.6) is 0 Å². The highest BCUT2D eigenvalue weighted by Crippen LogP contribution is 1.90. The molecule has 1 N–H and O–H groups in total. The van der Waals surface area contributed by atoms with Gasteiger partial charge in [0.2, 0.25) is 0 Å². The first-order valence-electron chi connectivity index (χ1n) is 3.20. The molecule has 1 radical (unpaired) electrons. The molecule has 0 aromatic heterocycles. The SMILES string of the molecule is CCCC([O])NCC. The van der Waals surface area contributed by atoms with Crippen molar-refractivity contribution in [2.75, 3.05) is 6.54 Å². The maximum Gasteiger partial charge on any atom is 0.143 e. The summed E-state index contributed by atoms with van der Waals surface area (Å²) in [6, 6.07) is 0. The fraction of sp³-hybridized carbons (Fsp3) is 1.00. The van der Waals surface area contributed by atoms with Gasteiger partial charge in [-0.2, -0.15) is 0 Å². The van der Waals surface area contributed by atoms with Crippen molar-refractivity contribution >= 4 is 0 Å². The van der Waals surface area contributed by atoms with E-state index in [-0.39, 0.29) is 0 Å². The highest BCUT2D eigenvalue weighted by Gasteiger charge is 1.98. The van der Waals surface area contributed by atoms with Crippen molar-refractivity contribution in [3.63, 3.8) is 0 Å². The van der Waals surface area contributed by atoms with Crippen LogP contribution < -0.4 is 5.32 Å². The highest BCUT2D eigenvalue weighted by atomic mass is 16.3. The summed E-state index contributed by atoms with van der Waals surface area (Å²) < 4.78 is 0. The standard InChI is InChI=1S/C6H14NO/c1-3-5-6(8)7-4-2/h6-7H,3-5H2,1-2H3. The van der Waals surface area contributed by atoms with Crippen LogP contribution in [0.3, 0.4) is 0 Å². The number of rotatable bonds is 4. The van der Waals surface area contributed by atoms with Crippen LogP contribution >= 0.6 is 0 Å². The molecule has 0 aliphatic rings. The Hall–Kier alpha value is -0.0800. The first-order valence-corrected chi connectivity index (χ1v) is 3.20. The van der Waals surface area contributed by atoms with Crippen LogP contribution in [0, 0.1) is 0 Å². The van der Waals surface area contributed by atoms with Crippen molar-refractivity contribution in [2.45, 2.75) is 32.9 Å². The van der Waals surface area contributed by atoms with Gasteiger partial charge in [0.05, 0.1) is 0 Å². The first kappa shape index (κ1) is 7.92. The monoisotopic (exact) mass is 116 g/mol. The fourth-order valence-electron chi connectivity index (χ4n) is 0.592. The zero-order chi connectivity index (χ0) is 6.41. The van der Waals surface area contributed by atoms with Crippen molar-refractivity contribution in [3.8, 4) is 0 Å². The molecule has 0 spiro atoms. The van der Waals surface area contributed by atoms with Gasteiger partial charge in [0.25, 0.3) is 0 Å². The minimum atomic E-state index is -0.537. The lowest BCUT2D eigenvalue weighted by atomic mass is 10.3. The van der Waals surface area contributed by atoms with Gasteiger partial charge in [0, 0.05) is 0 Å². The average molecular weight is 116 g/mol. The van der Waals surface area contributed by atoms with Gasteiger partial charge >= 0.3 is 0 Å². The Kier molecular flexibility index (Phi) is 5.01. The molecule has 0 heterocycles. The Morgan fingerprint density at radius 3 is 2.50 bits per heavy atom. The summed E-state index contributed by atoms with van der Waals surface area (Å²) >= 11 is 0. The lowest BCUT2D eigenvalue weighted by Gasteiger charge is -2.04. The average Bonchev–Trinajstić information content (AvgIpc) is 1.68. The predicted octanol–water partition coefficient (Wildman–Crippen LogP) is 1.15. The molecule has 0 aromatic carbocycles. The van der Waals surface area contributed by atoms with E-state index >= 15 is 0 Å². The first-order chi connectivity index (χ1) is 3.81. The molecule has 8 heavy (non-hydrogen) atoms. The molecule has 2 nitrogen and oxygen atoms in total. The third-order valence-electron chi connectivity index (χ3n) is 0.983. The predicted molar refractivity (Wildman–Crippen MR) is 33.1 cm³/mol. The Balaban J connectivity index is 2.92. The molecule has 0 bridgehead atoms. The van der Waals surface area contributed by atoms with E-state index in [0.29, 0.717) is 0 Å². The van der Waals surface area contributed by atoms with E-state index in [1.165, 1.54) is 0 Å². The summed E-state index contributed by atoms with van der Waals surface area (Å²) in [6.45, 7) is 4.75. The molecule has 0 aliphatic carbocycles. The molecular formula is C6H14NO. The van der Waals surface area contributed by atoms with Gasteiger partial charge in [-0.3, -0.25) is 5.32 Å². The Labute approximate surface area is 50.9 Å². The summed E-state index contributed by atoms with van der Waals surface area (Å²) in [5.41, 5.74) is 0. The highest BCUT2D eigenvalue weighted by molar-refractivity contribution is 4.47. The minimum Gasteiger partial charge on any atom is -0.290 e.